The number of aromatic nitrogens is 1. The number of amides is 1. The fourth-order valence-electron chi connectivity index (χ4n) is 2.52. The minimum atomic E-state index is -0.238. The van der Waals surface area contributed by atoms with Crippen molar-refractivity contribution in [3.8, 4) is 0 Å². The van der Waals surface area contributed by atoms with Gasteiger partial charge in [-0.1, -0.05) is 12.1 Å². The summed E-state index contributed by atoms with van der Waals surface area (Å²) < 4.78 is 13.0. The average Bonchev–Trinajstić information content (AvgIpc) is 3.17. The van der Waals surface area contributed by atoms with E-state index in [1.165, 1.54) is 23.5 Å². The Balaban J connectivity index is 1.61. The summed E-state index contributed by atoms with van der Waals surface area (Å²) in [5, 5.41) is 5.59. The lowest BCUT2D eigenvalue weighted by molar-refractivity contribution is 0.0945. The maximum atomic E-state index is 13.0. The molecule has 1 aliphatic rings. The van der Waals surface area contributed by atoms with Crippen molar-refractivity contribution < 1.29 is 9.18 Å². The Labute approximate surface area is 132 Å². The molecule has 6 heteroatoms. The minimum Gasteiger partial charge on any atom is -0.350 e. The fraction of sp³-hybridized carbons (Fsp3) is 0.375. The number of benzene rings is 1. The number of halogens is 1. The Morgan fingerprint density at radius 2 is 2.09 bits per heavy atom. The summed E-state index contributed by atoms with van der Waals surface area (Å²) in [6, 6.07) is 6.54. The molecule has 2 aromatic rings. The van der Waals surface area contributed by atoms with Crippen LogP contribution in [-0.2, 0) is 11.8 Å². The van der Waals surface area contributed by atoms with Crippen LogP contribution in [0.4, 0.5) is 4.39 Å². The highest BCUT2D eigenvalue weighted by Crippen LogP contribution is 2.47. The molecule has 0 unspecified atom stereocenters. The molecule has 0 saturated heterocycles. The molecule has 1 aromatic heterocycles. The molecule has 0 radical (unpaired) electrons. The van der Waals surface area contributed by atoms with Crippen LogP contribution < -0.4 is 11.1 Å². The summed E-state index contributed by atoms with van der Waals surface area (Å²) >= 11 is 1.46. The maximum absolute atomic E-state index is 13.0. The van der Waals surface area contributed by atoms with Crippen molar-refractivity contribution in [1.82, 2.24) is 10.3 Å². The lowest BCUT2D eigenvalue weighted by Crippen LogP contribution is -2.32. The molecule has 1 aromatic carbocycles. The summed E-state index contributed by atoms with van der Waals surface area (Å²) in [6.45, 7) is 1.09. The Hall–Kier alpha value is -1.79. The van der Waals surface area contributed by atoms with Crippen LogP contribution >= 0.6 is 11.3 Å². The second kappa shape index (κ2) is 6.14. The second-order valence-corrected chi connectivity index (χ2v) is 6.58. The number of thiazole rings is 1. The molecule has 4 nitrogen and oxygen atoms in total. The molecule has 0 atom stereocenters. The van der Waals surface area contributed by atoms with E-state index < -0.39 is 0 Å². The zero-order chi connectivity index (χ0) is 15.6. The average molecular weight is 319 g/mol. The molecular weight excluding hydrogens is 301 g/mol. The lowest BCUT2D eigenvalue weighted by Gasteiger charge is -2.16. The van der Waals surface area contributed by atoms with Gasteiger partial charge in [0.25, 0.3) is 5.91 Å². The van der Waals surface area contributed by atoms with Gasteiger partial charge in [-0.2, -0.15) is 0 Å². The van der Waals surface area contributed by atoms with Crippen molar-refractivity contribution in [2.24, 2.45) is 5.73 Å². The number of carbonyl (C=O) groups excluding carboxylic acids is 1. The van der Waals surface area contributed by atoms with Gasteiger partial charge in [0.05, 0.1) is 5.01 Å². The molecule has 0 aliphatic heterocycles. The van der Waals surface area contributed by atoms with Crippen LogP contribution in [0.3, 0.4) is 0 Å². The molecule has 3 N–H and O–H groups in total. The molecule has 1 fully saturated rings. The SMILES string of the molecule is NCCc1nc(C(=O)NCC2(c3ccc(F)cc3)CC2)cs1. The number of rotatable bonds is 6. The standard InChI is InChI=1S/C16H18FN3OS/c17-12-3-1-11(2-4-12)16(6-7-16)10-19-15(21)13-9-22-14(20-13)5-8-18/h1-4,9H,5-8,10,18H2,(H,19,21). The van der Waals surface area contributed by atoms with Gasteiger partial charge in [-0.15, -0.1) is 11.3 Å². The third-order valence-corrected chi connectivity index (χ3v) is 4.95. The largest absolute Gasteiger partial charge is 0.350 e. The minimum absolute atomic E-state index is 0.0422. The highest BCUT2D eigenvalue weighted by Gasteiger charge is 2.44. The van der Waals surface area contributed by atoms with Crippen molar-refractivity contribution in [2.45, 2.75) is 24.7 Å². The summed E-state index contributed by atoms with van der Waals surface area (Å²) in [5.74, 6) is -0.397. The number of hydrogen-bond acceptors (Lipinski definition) is 4. The van der Waals surface area contributed by atoms with Crippen molar-refractivity contribution in [2.75, 3.05) is 13.1 Å². The summed E-state index contributed by atoms with van der Waals surface area (Å²) in [5.41, 5.74) is 6.97. The summed E-state index contributed by atoms with van der Waals surface area (Å²) in [7, 11) is 0. The predicted octanol–water partition coefficient (Wildman–Crippen LogP) is 2.25. The van der Waals surface area contributed by atoms with Crippen molar-refractivity contribution in [3.05, 3.63) is 51.7 Å². The molecule has 1 amide bonds. The Kier molecular flexibility index (Phi) is 4.22. The highest BCUT2D eigenvalue weighted by molar-refractivity contribution is 7.09. The number of hydrogen-bond donors (Lipinski definition) is 2. The van der Waals surface area contributed by atoms with Gasteiger partial charge in [0.1, 0.15) is 11.5 Å². The monoisotopic (exact) mass is 319 g/mol. The molecule has 22 heavy (non-hydrogen) atoms. The van der Waals surface area contributed by atoms with E-state index in [-0.39, 0.29) is 17.1 Å². The van der Waals surface area contributed by atoms with Crippen LogP contribution in [-0.4, -0.2) is 24.0 Å². The Morgan fingerprint density at radius 3 is 2.73 bits per heavy atom. The first-order valence-corrected chi connectivity index (χ1v) is 8.20. The first-order chi connectivity index (χ1) is 10.6. The first-order valence-electron chi connectivity index (χ1n) is 7.32. The number of nitrogens with zero attached hydrogens (tertiary/aromatic N) is 1. The topological polar surface area (TPSA) is 68.0 Å². The lowest BCUT2D eigenvalue weighted by atomic mass is 9.96. The molecule has 0 bridgehead atoms. The van der Waals surface area contributed by atoms with E-state index in [4.69, 9.17) is 5.73 Å². The molecular formula is C16H18FN3OS. The van der Waals surface area contributed by atoms with E-state index in [0.29, 0.717) is 25.2 Å². The second-order valence-electron chi connectivity index (χ2n) is 5.64. The van der Waals surface area contributed by atoms with Gasteiger partial charge in [0.15, 0.2) is 0 Å². The van der Waals surface area contributed by atoms with E-state index in [1.807, 2.05) is 0 Å². The van der Waals surface area contributed by atoms with E-state index in [9.17, 15) is 9.18 Å². The fourth-order valence-corrected chi connectivity index (χ4v) is 3.31. The van der Waals surface area contributed by atoms with E-state index >= 15 is 0 Å². The maximum Gasteiger partial charge on any atom is 0.270 e. The van der Waals surface area contributed by atoms with E-state index in [0.717, 1.165) is 23.4 Å². The van der Waals surface area contributed by atoms with E-state index in [2.05, 4.69) is 10.3 Å². The van der Waals surface area contributed by atoms with Gasteiger partial charge in [-0.3, -0.25) is 4.79 Å². The molecule has 3 rings (SSSR count). The van der Waals surface area contributed by atoms with Crippen LogP contribution in [0.25, 0.3) is 0 Å². The zero-order valence-corrected chi connectivity index (χ0v) is 13.0. The number of nitrogens with one attached hydrogen (secondary N) is 1. The zero-order valence-electron chi connectivity index (χ0n) is 12.1. The van der Waals surface area contributed by atoms with Crippen LogP contribution in [0.1, 0.15) is 33.9 Å². The van der Waals surface area contributed by atoms with Gasteiger partial charge in [0.2, 0.25) is 0 Å². The molecule has 1 saturated carbocycles. The van der Waals surface area contributed by atoms with Crippen LogP contribution in [0, 0.1) is 5.82 Å². The smallest absolute Gasteiger partial charge is 0.270 e. The summed E-state index contributed by atoms with van der Waals surface area (Å²) in [6.07, 6.45) is 2.71. The van der Waals surface area contributed by atoms with Crippen molar-refractivity contribution in [3.63, 3.8) is 0 Å². The van der Waals surface area contributed by atoms with Gasteiger partial charge < -0.3 is 11.1 Å². The Bertz CT molecular complexity index is 664. The van der Waals surface area contributed by atoms with Crippen molar-refractivity contribution >= 4 is 17.2 Å². The van der Waals surface area contributed by atoms with Crippen LogP contribution in [0.5, 0.6) is 0 Å². The van der Waals surface area contributed by atoms with Crippen LogP contribution in [0.2, 0.25) is 0 Å². The van der Waals surface area contributed by atoms with E-state index in [1.54, 1.807) is 17.5 Å². The predicted molar refractivity (Wildman–Crippen MR) is 84.5 cm³/mol. The van der Waals surface area contributed by atoms with Gasteiger partial charge in [-0.25, -0.2) is 9.37 Å². The third-order valence-electron chi connectivity index (χ3n) is 4.04. The van der Waals surface area contributed by atoms with Crippen LogP contribution in [0.15, 0.2) is 29.6 Å². The van der Waals surface area contributed by atoms with Gasteiger partial charge in [0, 0.05) is 23.8 Å². The Morgan fingerprint density at radius 1 is 1.36 bits per heavy atom. The van der Waals surface area contributed by atoms with Gasteiger partial charge in [-0.05, 0) is 37.1 Å². The normalized spacial score (nSPS) is 15.5. The quantitative estimate of drug-likeness (QED) is 0.858. The highest BCUT2D eigenvalue weighted by atomic mass is 32.1. The molecule has 0 spiro atoms. The number of carbonyl (C=O) groups is 1. The first kappa shape index (κ1) is 15.1. The molecule has 116 valence electrons. The van der Waals surface area contributed by atoms with Gasteiger partial charge >= 0.3 is 0 Å². The third kappa shape index (κ3) is 3.18. The molecule has 1 heterocycles. The summed E-state index contributed by atoms with van der Waals surface area (Å²) in [4.78, 5) is 16.4. The van der Waals surface area contributed by atoms with Crippen molar-refractivity contribution in [1.29, 1.82) is 0 Å². The molecule has 1 aliphatic carbocycles. The number of nitrogens with two attached hydrogens (primary N) is 1.